The molecule has 1 aromatic heterocycles. The van der Waals surface area contributed by atoms with Gasteiger partial charge in [0.2, 0.25) is 5.95 Å². The fourth-order valence-electron chi connectivity index (χ4n) is 2.64. The number of rotatable bonds is 4. The average Bonchev–Trinajstić information content (AvgIpc) is 3.09. The number of hydrogen-bond donors (Lipinski definition) is 1. The van der Waals surface area contributed by atoms with Crippen LogP contribution in [0.2, 0.25) is 0 Å². The van der Waals surface area contributed by atoms with Gasteiger partial charge in [-0.15, -0.1) is 12.4 Å². The standard InChI is InChI=1S/C16H20N4O.ClH/c1-21-15-7-3-2-6-13(15)14-10-12(11-17)18-16(19-14)20-8-4-5-9-20;/h2-3,6-7,10H,4-5,8-9,11,17H2,1H3;1H. The average molecular weight is 321 g/mol. The molecule has 5 nitrogen and oxygen atoms in total. The topological polar surface area (TPSA) is 64.3 Å². The van der Waals surface area contributed by atoms with Crippen LogP contribution in [0.1, 0.15) is 18.5 Å². The van der Waals surface area contributed by atoms with Gasteiger partial charge in [-0.05, 0) is 31.0 Å². The molecule has 0 spiro atoms. The second kappa shape index (κ2) is 7.42. The van der Waals surface area contributed by atoms with Crippen molar-refractivity contribution in [3.05, 3.63) is 36.0 Å². The first-order valence-electron chi connectivity index (χ1n) is 7.28. The SMILES string of the molecule is COc1ccccc1-c1cc(CN)nc(N2CCCC2)n1.Cl. The lowest BCUT2D eigenvalue weighted by molar-refractivity contribution is 0.416. The largest absolute Gasteiger partial charge is 0.496 e. The van der Waals surface area contributed by atoms with E-state index >= 15 is 0 Å². The van der Waals surface area contributed by atoms with Gasteiger partial charge in [-0.1, -0.05) is 12.1 Å². The third-order valence-corrected chi connectivity index (χ3v) is 3.75. The van der Waals surface area contributed by atoms with Crippen molar-refractivity contribution in [1.29, 1.82) is 0 Å². The highest BCUT2D eigenvalue weighted by Crippen LogP contribution is 2.30. The van der Waals surface area contributed by atoms with Crippen LogP contribution in [-0.2, 0) is 6.54 Å². The molecular weight excluding hydrogens is 300 g/mol. The van der Waals surface area contributed by atoms with E-state index in [0.717, 1.165) is 41.7 Å². The number of aromatic nitrogens is 2. The summed E-state index contributed by atoms with van der Waals surface area (Å²) in [6.45, 7) is 2.43. The molecule has 118 valence electrons. The first kappa shape index (κ1) is 16.5. The van der Waals surface area contributed by atoms with E-state index < -0.39 is 0 Å². The van der Waals surface area contributed by atoms with Crippen molar-refractivity contribution in [1.82, 2.24) is 9.97 Å². The van der Waals surface area contributed by atoms with Crippen molar-refractivity contribution >= 4 is 18.4 Å². The Morgan fingerprint density at radius 2 is 1.91 bits per heavy atom. The van der Waals surface area contributed by atoms with Crippen molar-refractivity contribution in [3.8, 4) is 17.0 Å². The van der Waals surface area contributed by atoms with Gasteiger partial charge in [0.25, 0.3) is 0 Å². The lowest BCUT2D eigenvalue weighted by Crippen LogP contribution is -2.21. The van der Waals surface area contributed by atoms with E-state index in [-0.39, 0.29) is 12.4 Å². The van der Waals surface area contributed by atoms with E-state index in [2.05, 4.69) is 9.88 Å². The number of benzene rings is 1. The lowest BCUT2D eigenvalue weighted by Gasteiger charge is -2.17. The van der Waals surface area contributed by atoms with Gasteiger partial charge in [-0.2, -0.15) is 0 Å². The van der Waals surface area contributed by atoms with E-state index in [4.69, 9.17) is 15.5 Å². The van der Waals surface area contributed by atoms with Crippen LogP contribution in [0.4, 0.5) is 5.95 Å². The molecule has 2 N–H and O–H groups in total. The Kier molecular flexibility index (Phi) is 5.57. The number of ether oxygens (including phenoxy) is 1. The smallest absolute Gasteiger partial charge is 0.226 e. The quantitative estimate of drug-likeness (QED) is 0.938. The monoisotopic (exact) mass is 320 g/mol. The summed E-state index contributed by atoms with van der Waals surface area (Å²) in [5, 5.41) is 0. The van der Waals surface area contributed by atoms with Gasteiger partial charge >= 0.3 is 0 Å². The van der Waals surface area contributed by atoms with Gasteiger partial charge in [0.1, 0.15) is 5.75 Å². The van der Waals surface area contributed by atoms with Gasteiger partial charge in [-0.3, -0.25) is 0 Å². The molecule has 1 aliphatic rings. The molecule has 3 rings (SSSR count). The molecule has 0 amide bonds. The second-order valence-corrected chi connectivity index (χ2v) is 5.14. The molecule has 0 atom stereocenters. The predicted molar refractivity (Wildman–Crippen MR) is 90.6 cm³/mol. The van der Waals surface area contributed by atoms with Crippen LogP contribution >= 0.6 is 12.4 Å². The minimum absolute atomic E-state index is 0. The third kappa shape index (κ3) is 3.31. The number of nitrogens with two attached hydrogens (primary N) is 1. The Bertz CT molecular complexity index is 629. The molecule has 1 saturated heterocycles. The maximum Gasteiger partial charge on any atom is 0.226 e. The molecule has 0 aliphatic carbocycles. The first-order valence-corrected chi connectivity index (χ1v) is 7.28. The van der Waals surface area contributed by atoms with E-state index in [1.54, 1.807) is 7.11 Å². The summed E-state index contributed by atoms with van der Waals surface area (Å²) in [5.74, 6) is 1.59. The highest BCUT2D eigenvalue weighted by atomic mass is 35.5. The summed E-state index contributed by atoms with van der Waals surface area (Å²) in [6, 6.07) is 9.83. The van der Waals surface area contributed by atoms with Crippen molar-refractivity contribution in [2.24, 2.45) is 5.73 Å². The summed E-state index contributed by atoms with van der Waals surface area (Å²) in [6.07, 6.45) is 2.39. The maximum atomic E-state index is 5.79. The lowest BCUT2D eigenvalue weighted by atomic mass is 10.1. The van der Waals surface area contributed by atoms with Crippen LogP contribution in [0, 0.1) is 0 Å². The summed E-state index contributed by atoms with van der Waals surface area (Å²) < 4.78 is 5.43. The summed E-state index contributed by atoms with van der Waals surface area (Å²) >= 11 is 0. The first-order chi connectivity index (χ1) is 10.3. The number of nitrogens with zero attached hydrogens (tertiary/aromatic N) is 3. The normalized spacial score (nSPS) is 13.8. The minimum Gasteiger partial charge on any atom is -0.496 e. The van der Waals surface area contributed by atoms with E-state index in [0.29, 0.717) is 6.54 Å². The van der Waals surface area contributed by atoms with E-state index in [1.165, 1.54) is 12.8 Å². The van der Waals surface area contributed by atoms with Crippen molar-refractivity contribution in [2.75, 3.05) is 25.1 Å². The highest BCUT2D eigenvalue weighted by Gasteiger charge is 2.17. The third-order valence-electron chi connectivity index (χ3n) is 3.75. The molecule has 0 radical (unpaired) electrons. The zero-order chi connectivity index (χ0) is 14.7. The molecule has 2 aromatic rings. The Morgan fingerprint density at radius 1 is 1.18 bits per heavy atom. The van der Waals surface area contributed by atoms with Gasteiger partial charge in [0.15, 0.2) is 0 Å². The van der Waals surface area contributed by atoms with Crippen LogP contribution < -0.4 is 15.4 Å². The molecule has 22 heavy (non-hydrogen) atoms. The van der Waals surface area contributed by atoms with E-state index in [9.17, 15) is 0 Å². The molecule has 1 fully saturated rings. The van der Waals surface area contributed by atoms with Crippen LogP contribution in [0.15, 0.2) is 30.3 Å². The number of para-hydroxylation sites is 1. The zero-order valence-electron chi connectivity index (χ0n) is 12.7. The maximum absolute atomic E-state index is 5.79. The van der Waals surface area contributed by atoms with Gasteiger partial charge in [0, 0.05) is 25.2 Å². The summed E-state index contributed by atoms with van der Waals surface area (Å²) in [7, 11) is 1.67. The summed E-state index contributed by atoms with van der Waals surface area (Å²) in [5.41, 5.74) is 8.48. The zero-order valence-corrected chi connectivity index (χ0v) is 13.5. The second-order valence-electron chi connectivity index (χ2n) is 5.14. The fraction of sp³-hybridized carbons (Fsp3) is 0.375. The van der Waals surface area contributed by atoms with Gasteiger partial charge in [-0.25, -0.2) is 9.97 Å². The van der Waals surface area contributed by atoms with Crippen LogP contribution in [-0.4, -0.2) is 30.2 Å². The predicted octanol–water partition coefficient (Wildman–Crippen LogP) is 2.63. The molecule has 0 saturated carbocycles. The number of halogens is 1. The Labute approximate surface area is 136 Å². The Hall–Kier alpha value is -1.85. The van der Waals surface area contributed by atoms with Crippen molar-refractivity contribution < 1.29 is 4.74 Å². The molecule has 0 unspecified atom stereocenters. The number of hydrogen-bond acceptors (Lipinski definition) is 5. The minimum atomic E-state index is 0. The molecule has 0 bridgehead atoms. The summed E-state index contributed by atoms with van der Waals surface area (Å²) in [4.78, 5) is 11.5. The molecular formula is C16H21ClN4O. The molecule has 1 aromatic carbocycles. The molecule has 1 aliphatic heterocycles. The number of anilines is 1. The van der Waals surface area contributed by atoms with Crippen LogP contribution in [0.25, 0.3) is 11.3 Å². The number of methoxy groups -OCH3 is 1. The van der Waals surface area contributed by atoms with Gasteiger partial charge in [0.05, 0.1) is 18.5 Å². The highest BCUT2D eigenvalue weighted by molar-refractivity contribution is 5.85. The Balaban J connectivity index is 0.00000176. The van der Waals surface area contributed by atoms with E-state index in [1.807, 2.05) is 30.3 Å². The molecule has 6 heteroatoms. The van der Waals surface area contributed by atoms with Crippen LogP contribution in [0.5, 0.6) is 5.75 Å². The van der Waals surface area contributed by atoms with Crippen LogP contribution in [0.3, 0.4) is 0 Å². The Morgan fingerprint density at radius 3 is 2.59 bits per heavy atom. The molecule has 2 heterocycles. The fourth-order valence-corrected chi connectivity index (χ4v) is 2.64. The van der Waals surface area contributed by atoms with Crippen molar-refractivity contribution in [2.45, 2.75) is 19.4 Å². The van der Waals surface area contributed by atoms with Crippen molar-refractivity contribution in [3.63, 3.8) is 0 Å². The van der Waals surface area contributed by atoms with Gasteiger partial charge < -0.3 is 15.4 Å².